The number of anilines is 2. The fourth-order valence-corrected chi connectivity index (χ4v) is 4.18. The first-order chi connectivity index (χ1) is 13.7. The van der Waals surface area contributed by atoms with E-state index in [1.807, 2.05) is 48.5 Å². The van der Waals surface area contributed by atoms with Crippen LogP contribution in [0.2, 0.25) is 0 Å². The Kier molecular flexibility index (Phi) is 5.30. The Morgan fingerprint density at radius 1 is 1.00 bits per heavy atom. The van der Waals surface area contributed by atoms with Gasteiger partial charge in [0.15, 0.2) is 0 Å². The van der Waals surface area contributed by atoms with Crippen LogP contribution >= 0.6 is 11.3 Å². The highest BCUT2D eigenvalue weighted by molar-refractivity contribution is 7.19. The fourth-order valence-electron chi connectivity index (χ4n) is 3.17. The molecule has 0 spiro atoms. The van der Waals surface area contributed by atoms with E-state index in [0.717, 1.165) is 32.8 Å². The maximum Gasteiger partial charge on any atom is 0.226 e. The van der Waals surface area contributed by atoms with Gasteiger partial charge in [-0.1, -0.05) is 48.5 Å². The van der Waals surface area contributed by atoms with Gasteiger partial charge >= 0.3 is 0 Å². The molecule has 0 aliphatic carbocycles. The van der Waals surface area contributed by atoms with Gasteiger partial charge in [0.05, 0.1) is 5.39 Å². The van der Waals surface area contributed by atoms with Crippen molar-refractivity contribution in [2.75, 3.05) is 17.2 Å². The lowest BCUT2D eigenvalue weighted by atomic mass is 10.0. The van der Waals surface area contributed by atoms with E-state index in [1.165, 1.54) is 4.88 Å². The smallest absolute Gasteiger partial charge is 0.226 e. The molecule has 0 unspecified atom stereocenters. The largest absolute Gasteiger partial charge is 0.369 e. The highest BCUT2D eigenvalue weighted by Crippen LogP contribution is 2.40. The molecule has 0 aliphatic heterocycles. The van der Waals surface area contributed by atoms with Crippen LogP contribution in [0.3, 0.4) is 0 Å². The van der Waals surface area contributed by atoms with E-state index < -0.39 is 0 Å². The minimum atomic E-state index is -0.0335. The summed E-state index contributed by atoms with van der Waals surface area (Å²) in [6, 6.07) is 19.7. The minimum Gasteiger partial charge on any atom is -0.369 e. The first kappa shape index (κ1) is 18.1. The molecule has 0 aliphatic rings. The minimum absolute atomic E-state index is 0.0335. The second-order valence-electron chi connectivity index (χ2n) is 6.39. The molecule has 4 aromatic rings. The van der Waals surface area contributed by atoms with E-state index >= 15 is 0 Å². The van der Waals surface area contributed by atoms with E-state index in [4.69, 9.17) is 0 Å². The number of rotatable bonds is 6. The summed E-state index contributed by atoms with van der Waals surface area (Å²) >= 11 is 1.66. The summed E-state index contributed by atoms with van der Waals surface area (Å²) in [7, 11) is 0. The quantitative estimate of drug-likeness (QED) is 0.482. The molecule has 0 bridgehead atoms. The SMILES string of the molecule is Cc1sc2ncnc(NCCC(=O)Nc3ccccc3)c2c1-c1ccccc1. The summed E-state index contributed by atoms with van der Waals surface area (Å²) in [6.45, 7) is 2.60. The summed E-state index contributed by atoms with van der Waals surface area (Å²) in [5.74, 6) is 0.731. The standard InChI is InChI=1S/C22H20N4OS/c1-15-19(16-8-4-2-5-9-16)20-21(24-14-25-22(20)28-15)23-13-12-18(27)26-17-10-6-3-7-11-17/h2-11,14H,12-13H2,1H3,(H,26,27)(H,23,24,25). The molecule has 0 saturated carbocycles. The predicted molar refractivity (Wildman–Crippen MR) is 116 cm³/mol. The molecule has 0 fully saturated rings. The zero-order valence-electron chi connectivity index (χ0n) is 15.5. The molecule has 140 valence electrons. The molecule has 28 heavy (non-hydrogen) atoms. The summed E-state index contributed by atoms with van der Waals surface area (Å²) < 4.78 is 0. The molecule has 2 aromatic carbocycles. The molecular weight excluding hydrogens is 368 g/mol. The Labute approximate surface area is 167 Å². The van der Waals surface area contributed by atoms with Crippen molar-refractivity contribution < 1.29 is 4.79 Å². The van der Waals surface area contributed by atoms with Gasteiger partial charge in [-0.25, -0.2) is 9.97 Å². The van der Waals surface area contributed by atoms with Crippen LogP contribution in [0.25, 0.3) is 21.3 Å². The third-order valence-electron chi connectivity index (χ3n) is 4.43. The molecule has 0 saturated heterocycles. The monoisotopic (exact) mass is 388 g/mol. The zero-order valence-corrected chi connectivity index (χ0v) is 16.3. The van der Waals surface area contributed by atoms with Crippen LogP contribution in [0.4, 0.5) is 11.5 Å². The third kappa shape index (κ3) is 3.87. The van der Waals surface area contributed by atoms with E-state index in [1.54, 1.807) is 17.7 Å². The number of nitrogens with one attached hydrogen (secondary N) is 2. The molecule has 2 N–H and O–H groups in total. The molecule has 0 atom stereocenters. The number of amides is 1. The first-order valence-corrected chi connectivity index (χ1v) is 9.92. The van der Waals surface area contributed by atoms with Crippen LogP contribution in [0.15, 0.2) is 67.0 Å². The number of hydrogen-bond donors (Lipinski definition) is 2. The number of benzene rings is 2. The molecule has 5 nitrogen and oxygen atoms in total. The molecule has 0 radical (unpaired) electrons. The molecule has 2 heterocycles. The third-order valence-corrected chi connectivity index (χ3v) is 5.44. The van der Waals surface area contributed by atoms with Crippen molar-refractivity contribution in [1.82, 2.24) is 9.97 Å². The van der Waals surface area contributed by atoms with Gasteiger partial charge in [0.25, 0.3) is 0 Å². The molecular formula is C22H20N4OS. The van der Waals surface area contributed by atoms with Gasteiger partial charge in [0.2, 0.25) is 5.91 Å². The van der Waals surface area contributed by atoms with Gasteiger partial charge in [0, 0.05) is 29.1 Å². The van der Waals surface area contributed by atoms with Gasteiger partial charge in [-0.2, -0.15) is 0 Å². The molecule has 4 rings (SSSR count). The Morgan fingerprint density at radius 2 is 1.71 bits per heavy atom. The Bertz CT molecular complexity index is 1090. The van der Waals surface area contributed by atoms with E-state index in [-0.39, 0.29) is 5.91 Å². The van der Waals surface area contributed by atoms with Gasteiger partial charge in [-0.05, 0) is 24.6 Å². The number of nitrogens with zero attached hydrogens (tertiary/aromatic N) is 2. The number of aryl methyl sites for hydroxylation is 1. The second kappa shape index (κ2) is 8.19. The van der Waals surface area contributed by atoms with Crippen LogP contribution in [0.5, 0.6) is 0 Å². The van der Waals surface area contributed by atoms with Crippen molar-refractivity contribution in [3.05, 3.63) is 71.9 Å². The highest BCUT2D eigenvalue weighted by atomic mass is 32.1. The second-order valence-corrected chi connectivity index (χ2v) is 7.60. The van der Waals surface area contributed by atoms with Gasteiger partial charge in [0.1, 0.15) is 17.0 Å². The van der Waals surface area contributed by atoms with E-state index in [2.05, 4.69) is 39.7 Å². The summed E-state index contributed by atoms with van der Waals surface area (Å²) in [5, 5.41) is 7.23. The van der Waals surface area contributed by atoms with Gasteiger partial charge < -0.3 is 10.6 Å². The average Bonchev–Trinajstić information content (AvgIpc) is 3.06. The van der Waals surface area contributed by atoms with Gasteiger partial charge in [-0.15, -0.1) is 11.3 Å². The summed E-state index contributed by atoms with van der Waals surface area (Å²) in [6.07, 6.45) is 1.92. The average molecular weight is 388 g/mol. The molecule has 2 aromatic heterocycles. The number of carbonyl (C=O) groups is 1. The lowest BCUT2D eigenvalue weighted by Gasteiger charge is -2.09. The van der Waals surface area contributed by atoms with E-state index in [0.29, 0.717) is 13.0 Å². The molecule has 1 amide bonds. The number of aromatic nitrogens is 2. The van der Waals surface area contributed by atoms with Gasteiger partial charge in [-0.3, -0.25) is 4.79 Å². The van der Waals surface area contributed by atoms with Crippen LogP contribution in [-0.4, -0.2) is 22.4 Å². The Balaban J connectivity index is 1.52. The van der Waals surface area contributed by atoms with Crippen molar-refractivity contribution in [2.24, 2.45) is 0 Å². The number of para-hydroxylation sites is 1. The van der Waals surface area contributed by atoms with Crippen molar-refractivity contribution in [3.63, 3.8) is 0 Å². The highest BCUT2D eigenvalue weighted by Gasteiger charge is 2.16. The van der Waals surface area contributed by atoms with Crippen LogP contribution in [-0.2, 0) is 4.79 Å². The molecule has 6 heteroatoms. The maximum atomic E-state index is 12.2. The number of fused-ring (bicyclic) bond motifs is 1. The fraction of sp³-hybridized carbons (Fsp3) is 0.136. The number of carbonyl (C=O) groups excluding carboxylic acids is 1. The van der Waals surface area contributed by atoms with Crippen LogP contribution < -0.4 is 10.6 Å². The Morgan fingerprint density at radius 3 is 2.46 bits per heavy atom. The van der Waals surface area contributed by atoms with Crippen molar-refractivity contribution in [1.29, 1.82) is 0 Å². The summed E-state index contributed by atoms with van der Waals surface area (Å²) in [4.78, 5) is 23.2. The van der Waals surface area contributed by atoms with Crippen LogP contribution in [0.1, 0.15) is 11.3 Å². The normalized spacial score (nSPS) is 10.8. The van der Waals surface area contributed by atoms with Crippen LogP contribution in [0, 0.1) is 6.92 Å². The topological polar surface area (TPSA) is 66.9 Å². The van der Waals surface area contributed by atoms with Crippen molar-refractivity contribution in [3.8, 4) is 11.1 Å². The van der Waals surface area contributed by atoms with E-state index in [9.17, 15) is 4.79 Å². The Hall–Kier alpha value is -3.25. The number of thiophene rings is 1. The first-order valence-electron chi connectivity index (χ1n) is 9.10. The predicted octanol–water partition coefficient (Wildman–Crippen LogP) is 5.11. The van der Waals surface area contributed by atoms with Crippen molar-refractivity contribution in [2.45, 2.75) is 13.3 Å². The zero-order chi connectivity index (χ0) is 19.3. The maximum absolute atomic E-state index is 12.2. The number of hydrogen-bond acceptors (Lipinski definition) is 5. The van der Waals surface area contributed by atoms with Crippen molar-refractivity contribution >= 4 is 39.0 Å². The lowest BCUT2D eigenvalue weighted by Crippen LogP contribution is -2.16. The summed E-state index contributed by atoms with van der Waals surface area (Å²) in [5.41, 5.74) is 3.10. The lowest BCUT2D eigenvalue weighted by molar-refractivity contribution is -0.115.